The minimum atomic E-state index is -0.0417. The number of morpholine rings is 1. The SMILES string of the molecule is CC(=O)Nc1ccc(NC2CCCC2C2COCCN2)cc1. The molecule has 3 atom stereocenters. The second kappa shape index (κ2) is 7.11. The van der Waals surface area contributed by atoms with Crippen molar-refractivity contribution in [1.82, 2.24) is 5.32 Å². The van der Waals surface area contributed by atoms with Gasteiger partial charge in [0.1, 0.15) is 0 Å². The normalized spacial score (nSPS) is 28.3. The van der Waals surface area contributed by atoms with E-state index in [-0.39, 0.29) is 5.91 Å². The first-order valence-electron chi connectivity index (χ1n) is 8.18. The molecule has 1 aliphatic heterocycles. The summed E-state index contributed by atoms with van der Waals surface area (Å²) in [6.45, 7) is 4.13. The zero-order valence-electron chi connectivity index (χ0n) is 13.1. The topological polar surface area (TPSA) is 62.4 Å². The van der Waals surface area contributed by atoms with Gasteiger partial charge in [-0.15, -0.1) is 0 Å². The molecule has 0 spiro atoms. The number of amides is 1. The summed E-state index contributed by atoms with van der Waals surface area (Å²) in [6, 6.07) is 8.90. The molecule has 3 N–H and O–H groups in total. The molecule has 5 nitrogen and oxygen atoms in total. The van der Waals surface area contributed by atoms with Crippen LogP contribution < -0.4 is 16.0 Å². The third kappa shape index (κ3) is 3.78. The third-order valence-electron chi connectivity index (χ3n) is 4.59. The van der Waals surface area contributed by atoms with Gasteiger partial charge >= 0.3 is 0 Å². The van der Waals surface area contributed by atoms with Crippen LogP contribution in [0.1, 0.15) is 26.2 Å². The number of nitrogens with one attached hydrogen (secondary N) is 3. The summed E-state index contributed by atoms with van der Waals surface area (Å²) in [5, 5.41) is 10.0. The van der Waals surface area contributed by atoms with Gasteiger partial charge in [0.05, 0.1) is 13.2 Å². The van der Waals surface area contributed by atoms with Gasteiger partial charge in [0.15, 0.2) is 0 Å². The first kappa shape index (κ1) is 15.3. The Balaban J connectivity index is 1.60. The number of carbonyl (C=O) groups excluding carboxylic acids is 1. The highest BCUT2D eigenvalue weighted by Crippen LogP contribution is 2.32. The Bertz CT molecular complexity index is 497. The van der Waals surface area contributed by atoms with Crippen molar-refractivity contribution >= 4 is 17.3 Å². The van der Waals surface area contributed by atoms with Gasteiger partial charge in [-0.3, -0.25) is 4.79 Å². The lowest BCUT2D eigenvalue weighted by Crippen LogP contribution is -2.49. The lowest BCUT2D eigenvalue weighted by Gasteiger charge is -2.33. The van der Waals surface area contributed by atoms with E-state index in [1.54, 1.807) is 0 Å². The summed E-state index contributed by atoms with van der Waals surface area (Å²) in [6.07, 6.45) is 3.73. The fraction of sp³-hybridized carbons (Fsp3) is 0.588. The number of rotatable bonds is 4. The predicted octanol–water partition coefficient (Wildman–Crippen LogP) is 2.21. The van der Waals surface area contributed by atoms with Crippen molar-refractivity contribution in [3.05, 3.63) is 24.3 Å². The highest BCUT2D eigenvalue weighted by atomic mass is 16.5. The fourth-order valence-corrected chi connectivity index (χ4v) is 3.58. The van der Waals surface area contributed by atoms with E-state index < -0.39 is 0 Å². The number of hydrogen-bond donors (Lipinski definition) is 3. The van der Waals surface area contributed by atoms with E-state index in [0.717, 1.165) is 31.1 Å². The lowest BCUT2D eigenvalue weighted by atomic mass is 9.94. The van der Waals surface area contributed by atoms with Gasteiger partial charge in [-0.1, -0.05) is 6.42 Å². The molecule has 0 aromatic heterocycles. The maximum absolute atomic E-state index is 11.0. The summed E-state index contributed by atoms with van der Waals surface area (Å²) >= 11 is 0. The van der Waals surface area contributed by atoms with Crippen molar-refractivity contribution in [2.45, 2.75) is 38.3 Å². The van der Waals surface area contributed by atoms with E-state index in [2.05, 4.69) is 16.0 Å². The van der Waals surface area contributed by atoms with Crippen LogP contribution in [0.4, 0.5) is 11.4 Å². The third-order valence-corrected chi connectivity index (χ3v) is 4.59. The largest absolute Gasteiger partial charge is 0.382 e. The van der Waals surface area contributed by atoms with Crippen molar-refractivity contribution in [1.29, 1.82) is 0 Å². The van der Waals surface area contributed by atoms with Crippen LogP contribution in [0.15, 0.2) is 24.3 Å². The second-order valence-corrected chi connectivity index (χ2v) is 6.24. The molecule has 0 radical (unpaired) electrons. The fourth-order valence-electron chi connectivity index (χ4n) is 3.58. The van der Waals surface area contributed by atoms with Crippen LogP contribution in [0.5, 0.6) is 0 Å². The number of anilines is 2. The minimum Gasteiger partial charge on any atom is -0.382 e. The van der Waals surface area contributed by atoms with Crippen LogP contribution >= 0.6 is 0 Å². The monoisotopic (exact) mass is 303 g/mol. The predicted molar refractivity (Wildman–Crippen MR) is 88.1 cm³/mol. The molecule has 2 aliphatic rings. The van der Waals surface area contributed by atoms with E-state index in [1.165, 1.54) is 26.2 Å². The van der Waals surface area contributed by atoms with Crippen molar-refractivity contribution in [3.63, 3.8) is 0 Å². The van der Waals surface area contributed by atoms with Crippen molar-refractivity contribution < 1.29 is 9.53 Å². The Hall–Kier alpha value is -1.59. The average molecular weight is 303 g/mol. The minimum absolute atomic E-state index is 0.0417. The Kier molecular flexibility index (Phi) is 4.95. The molecule has 1 aromatic rings. The maximum atomic E-state index is 11.0. The van der Waals surface area contributed by atoms with Gasteiger partial charge in [0.25, 0.3) is 0 Å². The van der Waals surface area contributed by atoms with Crippen molar-refractivity contribution in [3.8, 4) is 0 Å². The average Bonchev–Trinajstić information content (AvgIpc) is 2.98. The van der Waals surface area contributed by atoms with Crippen LogP contribution in [0.3, 0.4) is 0 Å². The van der Waals surface area contributed by atoms with E-state index in [1.807, 2.05) is 24.3 Å². The molecular weight excluding hydrogens is 278 g/mol. The molecule has 120 valence electrons. The lowest BCUT2D eigenvalue weighted by molar-refractivity contribution is -0.114. The first-order chi connectivity index (χ1) is 10.7. The van der Waals surface area contributed by atoms with Crippen LogP contribution in [0.25, 0.3) is 0 Å². The van der Waals surface area contributed by atoms with Crippen molar-refractivity contribution in [2.24, 2.45) is 5.92 Å². The van der Waals surface area contributed by atoms with Gasteiger partial charge < -0.3 is 20.7 Å². The van der Waals surface area contributed by atoms with Gasteiger partial charge in [0.2, 0.25) is 5.91 Å². The summed E-state index contributed by atoms with van der Waals surface area (Å²) < 4.78 is 5.62. The molecule has 1 amide bonds. The van der Waals surface area contributed by atoms with Crippen molar-refractivity contribution in [2.75, 3.05) is 30.4 Å². The van der Waals surface area contributed by atoms with E-state index in [4.69, 9.17) is 4.74 Å². The van der Waals surface area contributed by atoms with Crippen LogP contribution in [-0.4, -0.2) is 37.7 Å². The molecule has 1 heterocycles. The molecule has 1 saturated carbocycles. The summed E-state index contributed by atoms with van der Waals surface area (Å²) in [5.74, 6) is 0.579. The molecule has 1 aromatic carbocycles. The highest BCUT2D eigenvalue weighted by molar-refractivity contribution is 5.88. The molecule has 1 aliphatic carbocycles. The molecule has 3 rings (SSSR count). The maximum Gasteiger partial charge on any atom is 0.221 e. The van der Waals surface area contributed by atoms with Crippen LogP contribution in [0, 0.1) is 5.92 Å². The number of ether oxygens (including phenoxy) is 1. The summed E-state index contributed by atoms with van der Waals surface area (Å²) in [7, 11) is 0. The van der Waals surface area contributed by atoms with E-state index in [0.29, 0.717) is 18.0 Å². The zero-order valence-corrected chi connectivity index (χ0v) is 13.1. The standard InChI is InChI=1S/C17H25N3O2/c1-12(21)19-13-5-7-14(8-6-13)20-16-4-2-3-15(16)17-11-22-10-9-18-17/h5-8,15-18,20H,2-4,9-11H2,1H3,(H,19,21). The number of carbonyl (C=O) groups is 1. The molecule has 1 saturated heterocycles. The Morgan fingerprint density at radius 1 is 1.23 bits per heavy atom. The molecule has 0 bridgehead atoms. The second-order valence-electron chi connectivity index (χ2n) is 6.24. The van der Waals surface area contributed by atoms with E-state index >= 15 is 0 Å². The number of benzene rings is 1. The van der Waals surface area contributed by atoms with Gasteiger partial charge in [-0.2, -0.15) is 0 Å². The summed E-state index contributed by atoms with van der Waals surface area (Å²) in [4.78, 5) is 11.0. The Morgan fingerprint density at radius 3 is 2.68 bits per heavy atom. The van der Waals surface area contributed by atoms with Gasteiger partial charge in [-0.05, 0) is 43.0 Å². The Morgan fingerprint density at radius 2 is 2.00 bits per heavy atom. The molecular formula is C17H25N3O2. The zero-order chi connectivity index (χ0) is 15.4. The molecule has 5 heteroatoms. The van der Waals surface area contributed by atoms with Gasteiger partial charge in [0, 0.05) is 36.9 Å². The van der Waals surface area contributed by atoms with Gasteiger partial charge in [-0.25, -0.2) is 0 Å². The van der Waals surface area contributed by atoms with Crippen LogP contribution in [-0.2, 0) is 9.53 Å². The smallest absolute Gasteiger partial charge is 0.221 e. The summed E-state index contributed by atoms with van der Waals surface area (Å²) in [5.41, 5.74) is 1.95. The van der Waals surface area contributed by atoms with E-state index in [9.17, 15) is 4.79 Å². The Labute approximate surface area is 131 Å². The molecule has 22 heavy (non-hydrogen) atoms. The van der Waals surface area contributed by atoms with Crippen LogP contribution in [0.2, 0.25) is 0 Å². The molecule has 2 fully saturated rings. The highest BCUT2D eigenvalue weighted by Gasteiger charge is 2.34. The quantitative estimate of drug-likeness (QED) is 0.798. The number of hydrogen-bond acceptors (Lipinski definition) is 4. The molecule has 3 unspecified atom stereocenters. The first-order valence-corrected chi connectivity index (χ1v) is 8.18.